The number of nitrogens with two attached hydrogens (primary N) is 1. The minimum absolute atomic E-state index is 0.0999. The normalized spacial score (nSPS) is 22.6. The average molecular weight is 331 g/mol. The Morgan fingerprint density at radius 1 is 1.47 bits per heavy atom. The SMILES string of the molecule is NC1(C(=O)O)CCN(C(=O)c2c(F)cccc2Br)C1. The molecule has 0 bridgehead atoms. The van der Waals surface area contributed by atoms with E-state index in [4.69, 9.17) is 10.8 Å². The molecule has 19 heavy (non-hydrogen) atoms. The molecule has 1 aliphatic rings. The van der Waals surface area contributed by atoms with Crippen molar-refractivity contribution in [2.24, 2.45) is 5.73 Å². The van der Waals surface area contributed by atoms with Crippen LogP contribution in [0, 0.1) is 5.82 Å². The number of likely N-dealkylation sites (tertiary alicyclic amines) is 1. The van der Waals surface area contributed by atoms with Gasteiger partial charge in [-0.05, 0) is 34.5 Å². The average Bonchev–Trinajstić information content (AvgIpc) is 2.73. The summed E-state index contributed by atoms with van der Waals surface area (Å²) in [5.74, 6) is -2.36. The molecule has 1 aromatic carbocycles. The zero-order chi connectivity index (χ0) is 14.2. The maximum absolute atomic E-state index is 13.7. The van der Waals surface area contributed by atoms with Crippen LogP contribution in [0.2, 0.25) is 0 Å². The first-order valence-corrected chi connectivity index (χ1v) is 6.40. The number of hydrogen-bond donors (Lipinski definition) is 2. The predicted octanol–water partition coefficient (Wildman–Crippen LogP) is 1.22. The molecule has 0 aliphatic carbocycles. The summed E-state index contributed by atoms with van der Waals surface area (Å²) in [5, 5.41) is 9.01. The number of carboxylic acid groups (broad SMARTS) is 1. The minimum Gasteiger partial charge on any atom is -0.480 e. The van der Waals surface area contributed by atoms with Crippen molar-refractivity contribution in [3.8, 4) is 0 Å². The van der Waals surface area contributed by atoms with Crippen molar-refractivity contribution in [2.75, 3.05) is 13.1 Å². The number of benzene rings is 1. The zero-order valence-electron chi connectivity index (χ0n) is 9.90. The van der Waals surface area contributed by atoms with Crippen LogP contribution in [-0.2, 0) is 4.79 Å². The number of aliphatic carboxylic acids is 1. The molecule has 0 saturated carbocycles. The summed E-state index contributed by atoms with van der Waals surface area (Å²) >= 11 is 3.12. The van der Waals surface area contributed by atoms with Gasteiger partial charge >= 0.3 is 5.97 Å². The number of carbonyl (C=O) groups excluding carboxylic acids is 1. The molecule has 7 heteroatoms. The lowest BCUT2D eigenvalue weighted by Gasteiger charge is -2.20. The van der Waals surface area contributed by atoms with Gasteiger partial charge in [-0.3, -0.25) is 9.59 Å². The summed E-state index contributed by atoms with van der Waals surface area (Å²) in [6.07, 6.45) is 0.153. The van der Waals surface area contributed by atoms with Gasteiger partial charge in [-0.2, -0.15) is 0 Å². The molecule has 2 rings (SSSR count). The van der Waals surface area contributed by atoms with Crippen molar-refractivity contribution in [2.45, 2.75) is 12.0 Å². The highest BCUT2D eigenvalue weighted by Gasteiger charge is 2.43. The standard InChI is InChI=1S/C12H12BrFN2O3/c13-7-2-1-3-8(14)9(7)10(17)16-5-4-12(15,6-16)11(18)19/h1-3H,4-6,15H2,(H,18,19). The summed E-state index contributed by atoms with van der Waals surface area (Å²) in [7, 11) is 0. The van der Waals surface area contributed by atoms with E-state index in [-0.39, 0.29) is 25.1 Å². The highest BCUT2D eigenvalue weighted by molar-refractivity contribution is 9.10. The molecule has 1 heterocycles. The third-order valence-corrected chi connectivity index (χ3v) is 3.85. The van der Waals surface area contributed by atoms with Gasteiger partial charge in [0.15, 0.2) is 0 Å². The fraction of sp³-hybridized carbons (Fsp3) is 0.333. The Labute approximate surface area is 117 Å². The summed E-state index contributed by atoms with van der Waals surface area (Å²) in [6, 6.07) is 4.21. The Hall–Kier alpha value is -1.47. The van der Waals surface area contributed by atoms with Gasteiger partial charge in [0, 0.05) is 17.6 Å². The zero-order valence-corrected chi connectivity index (χ0v) is 11.5. The van der Waals surface area contributed by atoms with Crippen LogP contribution < -0.4 is 5.73 Å². The topological polar surface area (TPSA) is 83.6 Å². The van der Waals surface area contributed by atoms with Crippen LogP contribution in [0.25, 0.3) is 0 Å². The van der Waals surface area contributed by atoms with E-state index < -0.39 is 23.2 Å². The lowest BCUT2D eigenvalue weighted by Crippen LogP contribution is -2.50. The van der Waals surface area contributed by atoms with Crippen LogP contribution in [0.15, 0.2) is 22.7 Å². The highest BCUT2D eigenvalue weighted by Crippen LogP contribution is 2.26. The second kappa shape index (κ2) is 4.90. The molecule has 1 saturated heterocycles. The summed E-state index contributed by atoms with van der Waals surface area (Å²) < 4.78 is 14.0. The van der Waals surface area contributed by atoms with Gasteiger partial charge in [-0.1, -0.05) is 6.07 Å². The van der Waals surface area contributed by atoms with Crippen molar-refractivity contribution in [3.05, 3.63) is 34.1 Å². The van der Waals surface area contributed by atoms with Gasteiger partial charge in [0.1, 0.15) is 11.4 Å². The maximum Gasteiger partial charge on any atom is 0.325 e. The Bertz CT molecular complexity index is 532. The second-order valence-electron chi connectivity index (χ2n) is 4.53. The maximum atomic E-state index is 13.7. The van der Waals surface area contributed by atoms with E-state index in [0.29, 0.717) is 4.47 Å². The fourth-order valence-corrected chi connectivity index (χ4v) is 2.55. The van der Waals surface area contributed by atoms with Gasteiger partial charge < -0.3 is 15.7 Å². The highest BCUT2D eigenvalue weighted by atomic mass is 79.9. The summed E-state index contributed by atoms with van der Waals surface area (Å²) in [4.78, 5) is 24.5. The van der Waals surface area contributed by atoms with Crippen molar-refractivity contribution >= 4 is 27.8 Å². The van der Waals surface area contributed by atoms with Crippen molar-refractivity contribution in [1.29, 1.82) is 0 Å². The number of amides is 1. The summed E-state index contributed by atoms with van der Waals surface area (Å²) in [5.41, 5.74) is 4.13. The van der Waals surface area contributed by atoms with E-state index in [2.05, 4.69) is 15.9 Å². The van der Waals surface area contributed by atoms with Crippen LogP contribution in [-0.4, -0.2) is 40.5 Å². The van der Waals surface area contributed by atoms with E-state index in [1.165, 1.54) is 17.0 Å². The van der Waals surface area contributed by atoms with Crippen LogP contribution >= 0.6 is 15.9 Å². The van der Waals surface area contributed by atoms with E-state index in [1.807, 2.05) is 0 Å². The first kappa shape index (κ1) is 14.0. The molecule has 0 radical (unpaired) electrons. The number of carboxylic acids is 1. The van der Waals surface area contributed by atoms with E-state index in [9.17, 15) is 14.0 Å². The quantitative estimate of drug-likeness (QED) is 0.853. The molecule has 1 fully saturated rings. The predicted molar refractivity (Wildman–Crippen MR) is 69.2 cm³/mol. The van der Waals surface area contributed by atoms with Gasteiger partial charge in [0.2, 0.25) is 0 Å². The minimum atomic E-state index is -1.45. The van der Waals surface area contributed by atoms with Crippen LogP contribution in [0.1, 0.15) is 16.8 Å². The van der Waals surface area contributed by atoms with Gasteiger partial charge in [-0.15, -0.1) is 0 Å². The Kier molecular flexibility index (Phi) is 3.60. The largest absolute Gasteiger partial charge is 0.480 e. The third kappa shape index (κ3) is 2.48. The van der Waals surface area contributed by atoms with Crippen LogP contribution in [0.4, 0.5) is 4.39 Å². The number of carbonyl (C=O) groups is 2. The molecular formula is C12H12BrFN2O3. The molecule has 1 atom stereocenters. The number of rotatable bonds is 2. The molecule has 102 valence electrons. The van der Waals surface area contributed by atoms with Gasteiger partial charge in [-0.25, -0.2) is 4.39 Å². The molecule has 5 nitrogen and oxygen atoms in total. The molecular weight excluding hydrogens is 319 g/mol. The molecule has 0 spiro atoms. The van der Waals surface area contributed by atoms with E-state index in [1.54, 1.807) is 6.07 Å². The monoisotopic (exact) mass is 330 g/mol. The number of hydrogen-bond acceptors (Lipinski definition) is 3. The molecule has 3 N–H and O–H groups in total. The lowest BCUT2D eigenvalue weighted by molar-refractivity contribution is -0.142. The van der Waals surface area contributed by atoms with Crippen molar-refractivity contribution in [3.63, 3.8) is 0 Å². The molecule has 1 aliphatic heterocycles. The van der Waals surface area contributed by atoms with Crippen LogP contribution in [0.3, 0.4) is 0 Å². The van der Waals surface area contributed by atoms with E-state index >= 15 is 0 Å². The Morgan fingerprint density at radius 3 is 2.68 bits per heavy atom. The molecule has 0 aromatic heterocycles. The van der Waals surface area contributed by atoms with Gasteiger partial charge in [0.05, 0.1) is 5.56 Å². The van der Waals surface area contributed by atoms with Crippen molar-refractivity contribution in [1.82, 2.24) is 4.90 Å². The first-order valence-electron chi connectivity index (χ1n) is 5.61. The second-order valence-corrected chi connectivity index (χ2v) is 5.39. The first-order chi connectivity index (χ1) is 8.85. The number of nitrogens with zero attached hydrogens (tertiary/aromatic N) is 1. The summed E-state index contributed by atoms with van der Waals surface area (Å²) in [6.45, 7) is 0.0738. The van der Waals surface area contributed by atoms with E-state index in [0.717, 1.165) is 0 Å². The molecule has 1 unspecified atom stereocenters. The van der Waals surface area contributed by atoms with Gasteiger partial charge in [0.25, 0.3) is 5.91 Å². The molecule has 1 aromatic rings. The fourth-order valence-electron chi connectivity index (χ4n) is 2.04. The number of halogens is 2. The van der Waals surface area contributed by atoms with Crippen LogP contribution in [0.5, 0.6) is 0 Å². The smallest absolute Gasteiger partial charge is 0.325 e. The Morgan fingerprint density at radius 2 is 2.16 bits per heavy atom. The lowest BCUT2D eigenvalue weighted by atomic mass is 10.0. The third-order valence-electron chi connectivity index (χ3n) is 3.19. The molecule has 1 amide bonds. The van der Waals surface area contributed by atoms with Crippen molar-refractivity contribution < 1.29 is 19.1 Å². The Balaban J connectivity index is 2.25.